The van der Waals surface area contributed by atoms with Gasteiger partial charge in [0.1, 0.15) is 0 Å². The molecular formula is C11H10F4O5. The van der Waals surface area contributed by atoms with Crippen LogP contribution in [0.3, 0.4) is 0 Å². The van der Waals surface area contributed by atoms with Gasteiger partial charge >= 0.3 is 19.2 Å². The van der Waals surface area contributed by atoms with Crippen LogP contribution < -0.4 is 9.47 Å². The zero-order valence-electron chi connectivity index (χ0n) is 10.1. The largest absolute Gasteiger partial charge is 0.467 e. The summed E-state index contributed by atoms with van der Waals surface area (Å²) in [6, 6.07) is 2.69. The van der Waals surface area contributed by atoms with Gasteiger partial charge in [0.15, 0.2) is 17.6 Å². The number of aliphatic hydroxyl groups is 1. The highest BCUT2D eigenvalue weighted by Crippen LogP contribution is 2.33. The molecule has 9 heteroatoms. The Kier molecular flexibility index (Phi) is 5.56. The Bertz CT molecular complexity index is 466. The first kappa shape index (κ1) is 16.0. The molecule has 0 aromatic heterocycles. The Labute approximate surface area is 110 Å². The maximum absolute atomic E-state index is 12.2. The van der Waals surface area contributed by atoms with E-state index in [1.54, 1.807) is 0 Å². The number of ether oxygens (including phenoxy) is 3. The van der Waals surface area contributed by atoms with Crippen molar-refractivity contribution < 1.29 is 41.7 Å². The summed E-state index contributed by atoms with van der Waals surface area (Å²) in [7, 11) is 1.01. The van der Waals surface area contributed by atoms with Crippen molar-refractivity contribution in [2.75, 3.05) is 7.11 Å². The number of benzene rings is 1. The molecule has 1 rings (SSSR count). The van der Waals surface area contributed by atoms with Crippen molar-refractivity contribution >= 4 is 5.97 Å². The van der Waals surface area contributed by atoms with Crippen LogP contribution in [0.25, 0.3) is 0 Å². The molecule has 0 aliphatic heterocycles. The molecule has 0 bridgehead atoms. The second kappa shape index (κ2) is 6.94. The lowest BCUT2D eigenvalue weighted by atomic mass is 10.1. The van der Waals surface area contributed by atoms with Gasteiger partial charge in [0.2, 0.25) is 0 Å². The lowest BCUT2D eigenvalue weighted by Crippen LogP contribution is -2.14. The topological polar surface area (TPSA) is 65.0 Å². The van der Waals surface area contributed by atoms with Crippen LogP contribution in [0.2, 0.25) is 0 Å². The number of esters is 1. The molecule has 1 aromatic carbocycles. The van der Waals surface area contributed by atoms with Crippen LogP contribution in [0.1, 0.15) is 11.7 Å². The van der Waals surface area contributed by atoms with E-state index in [9.17, 15) is 27.5 Å². The van der Waals surface area contributed by atoms with E-state index in [1.165, 1.54) is 0 Å². The van der Waals surface area contributed by atoms with Crippen LogP contribution in [0, 0.1) is 0 Å². The van der Waals surface area contributed by atoms with E-state index < -0.39 is 36.8 Å². The molecule has 1 atom stereocenters. The first-order chi connectivity index (χ1) is 9.35. The molecule has 1 unspecified atom stereocenters. The monoisotopic (exact) mass is 298 g/mol. The summed E-state index contributed by atoms with van der Waals surface area (Å²) in [5.74, 6) is -2.43. The van der Waals surface area contributed by atoms with Crippen molar-refractivity contribution in [3.8, 4) is 11.5 Å². The highest BCUT2D eigenvalue weighted by molar-refractivity contribution is 5.76. The number of rotatable bonds is 6. The predicted octanol–water partition coefficient (Wildman–Crippen LogP) is 2.10. The molecule has 0 heterocycles. The Morgan fingerprint density at radius 3 is 2.15 bits per heavy atom. The van der Waals surface area contributed by atoms with Crippen LogP contribution in [-0.2, 0) is 9.53 Å². The van der Waals surface area contributed by atoms with Crippen LogP contribution in [0.4, 0.5) is 17.6 Å². The van der Waals surface area contributed by atoms with Crippen molar-refractivity contribution in [3.05, 3.63) is 23.8 Å². The lowest BCUT2D eigenvalue weighted by molar-refractivity contribution is -0.150. The number of aliphatic hydroxyl groups excluding tert-OH is 1. The van der Waals surface area contributed by atoms with Gasteiger partial charge in [-0.1, -0.05) is 6.07 Å². The Morgan fingerprint density at radius 1 is 1.10 bits per heavy atom. The van der Waals surface area contributed by atoms with E-state index in [-0.39, 0.29) is 5.56 Å². The van der Waals surface area contributed by atoms with Crippen LogP contribution in [0.5, 0.6) is 11.5 Å². The van der Waals surface area contributed by atoms with Crippen LogP contribution in [-0.4, -0.2) is 31.4 Å². The second-order valence-electron chi connectivity index (χ2n) is 3.39. The maximum Gasteiger partial charge on any atom is 0.387 e. The average Bonchev–Trinajstić information content (AvgIpc) is 2.37. The lowest BCUT2D eigenvalue weighted by Gasteiger charge is -2.14. The molecule has 1 aromatic rings. The summed E-state index contributed by atoms with van der Waals surface area (Å²) in [4.78, 5) is 11.1. The quantitative estimate of drug-likeness (QED) is 0.643. The molecule has 20 heavy (non-hydrogen) atoms. The summed E-state index contributed by atoms with van der Waals surface area (Å²) in [5.41, 5.74) is -0.172. The third-order valence-corrected chi connectivity index (χ3v) is 2.14. The maximum atomic E-state index is 12.2. The minimum atomic E-state index is -3.29. The highest BCUT2D eigenvalue weighted by atomic mass is 19.3. The fraction of sp³-hybridized carbons (Fsp3) is 0.364. The number of halogens is 4. The van der Waals surface area contributed by atoms with Crippen molar-refractivity contribution in [1.82, 2.24) is 0 Å². The van der Waals surface area contributed by atoms with E-state index in [2.05, 4.69) is 14.2 Å². The van der Waals surface area contributed by atoms with E-state index in [4.69, 9.17) is 0 Å². The molecular weight excluding hydrogens is 288 g/mol. The average molecular weight is 298 g/mol. The summed E-state index contributed by atoms with van der Waals surface area (Å²) >= 11 is 0. The Hall–Kier alpha value is -2.03. The fourth-order valence-electron chi connectivity index (χ4n) is 1.32. The Morgan fingerprint density at radius 2 is 1.65 bits per heavy atom. The number of alkyl halides is 4. The van der Waals surface area contributed by atoms with Gasteiger partial charge in [-0.15, -0.1) is 0 Å². The molecule has 0 spiro atoms. The van der Waals surface area contributed by atoms with Crippen molar-refractivity contribution in [2.45, 2.75) is 19.3 Å². The minimum Gasteiger partial charge on any atom is -0.467 e. The van der Waals surface area contributed by atoms with Gasteiger partial charge in [0.25, 0.3) is 0 Å². The van der Waals surface area contributed by atoms with Crippen LogP contribution >= 0.6 is 0 Å². The number of carbonyl (C=O) groups excluding carboxylic acids is 1. The normalized spacial score (nSPS) is 12.4. The molecule has 0 saturated heterocycles. The van der Waals surface area contributed by atoms with Gasteiger partial charge in [-0.3, -0.25) is 0 Å². The molecule has 1 N–H and O–H groups in total. The molecule has 0 fully saturated rings. The summed E-state index contributed by atoms with van der Waals surface area (Å²) in [5, 5.41) is 9.51. The number of methoxy groups -OCH3 is 1. The van der Waals surface area contributed by atoms with E-state index in [0.717, 1.165) is 25.3 Å². The summed E-state index contributed by atoms with van der Waals surface area (Å²) < 4.78 is 60.8. The van der Waals surface area contributed by atoms with Gasteiger partial charge in [-0.25, -0.2) is 4.79 Å². The zero-order valence-corrected chi connectivity index (χ0v) is 10.1. The summed E-state index contributed by atoms with van der Waals surface area (Å²) in [6.07, 6.45) is -1.76. The van der Waals surface area contributed by atoms with Gasteiger partial charge in [-0.05, 0) is 17.7 Å². The fourth-order valence-corrected chi connectivity index (χ4v) is 1.32. The standard InChI is InChI=1S/C11H10F4O5/c1-18-9(17)8(16)5-2-3-6(19-10(12)13)7(4-5)20-11(14)15/h2-4,8,10-11,16H,1H3. The Balaban J connectivity index is 3.09. The zero-order chi connectivity index (χ0) is 15.3. The molecule has 5 nitrogen and oxygen atoms in total. The number of hydrogen-bond donors (Lipinski definition) is 1. The van der Waals surface area contributed by atoms with Crippen molar-refractivity contribution in [1.29, 1.82) is 0 Å². The van der Waals surface area contributed by atoms with E-state index >= 15 is 0 Å². The number of carbonyl (C=O) groups is 1. The third kappa shape index (κ3) is 4.26. The molecule has 0 saturated carbocycles. The van der Waals surface area contributed by atoms with Gasteiger partial charge in [0.05, 0.1) is 7.11 Å². The van der Waals surface area contributed by atoms with Gasteiger partial charge in [-0.2, -0.15) is 17.6 Å². The van der Waals surface area contributed by atoms with Crippen LogP contribution in [0.15, 0.2) is 18.2 Å². The SMILES string of the molecule is COC(=O)C(O)c1ccc(OC(F)F)c(OC(F)F)c1. The van der Waals surface area contributed by atoms with Crippen molar-refractivity contribution in [3.63, 3.8) is 0 Å². The molecule has 0 aliphatic rings. The van der Waals surface area contributed by atoms with Crippen molar-refractivity contribution in [2.24, 2.45) is 0 Å². The minimum absolute atomic E-state index is 0.172. The summed E-state index contributed by atoms with van der Waals surface area (Å²) in [6.45, 7) is -6.54. The second-order valence-corrected chi connectivity index (χ2v) is 3.39. The smallest absolute Gasteiger partial charge is 0.387 e. The molecule has 0 amide bonds. The highest BCUT2D eigenvalue weighted by Gasteiger charge is 2.22. The molecule has 0 aliphatic carbocycles. The number of hydrogen-bond acceptors (Lipinski definition) is 5. The molecule has 112 valence electrons. The first-order valence-corrected chi connectivity index (χ1v) is 5.14. The van der Waals surface area contributed by atoms with E-state index in [1.807, 2.05) is 0 Å². The first-order valence-electron chi connectivity index (χ1n) is 5.14. The van der Waals surface area contributed by atoms with Gasteiger partial charge < -0.3 is 19.3 Å². The predicted molar refractivity (Wildman–Crippen MR) is 56.7 cm³/mol. The molecule has 0 radical (unpaired) electrons. The third-order valence-electron chi connectivity index (χ3n) is 2.14. The van der Waals surface area contributed by atoms with Gasteiger partial charge in [0, 0.05) is 0 Å². The van der Waals surface area contributed by atoms with E-state index in [0.29, 0.717) is 0 Å².